The third-order valence-electron chi connectivity index (χ3n) is 2.49. The van der Waals surface area contributed by atoms with Crippen molar-refractivity contribution in [1.82, 2.24) is 10.7 Å². The van der Waals surface area contributed by atoms with Crippen molar-refractivity contribution in [2.45, 2.75) is 38.6 Å². The average molecular weight is 197 g/mol. The second-order valence-electron chi connectivity index (χ2n) is 4.27. The van der Waals surface area contributed by atoms with Gasteiger partial charge >= 0.3 is 0 Å². The van der Waals surface area contributed by atoms with Gasteiger partial charge in [-0.05, 0) is 37.9 Å². The zero-order valence-electron chi connectivity index (χ0n) is 7.84. The summed E-state index contributed by atoms with van der Waals surface area (Å²) in [5.41, 5.74) is 3.19. The summed E-state index contributed by atoms with van der Waals surface area (Å²) in [5.74, 6) is 0. The van der Waals surface area contributed by atoms with Gasteiger partial charge in [-0.15, -0.1) is 0 Å². The van der Waals surface area contributed by atoms with E-state index in [1.807, 2.05) is 6.21 Å². The van der Waals surface area contributed by atoms with E-state index in [1.54, 1.807) is 0 Å². The molecule has 0 aromatic heterocycles. The topological polar surface area (TPSA) is 36.4 Å². The van der Waals surface area contributed by atoms with Crippen LogP contribution >= 0.6 is 12.2 Å². The molecule has 2 aliphatic carbocycles. The molecule has 0 aliphatic heterocycles. The fourth-order valence-electron chi connectivity index (χ4n) is 1.02. The highest BCUT2D eigenvalue weighted by Gasteiger charge is 2.35. The Labute approximate surface area is 84.0 Å². The van der Waals surface area contributed by atoms with Crippen molar-refractivity contribution in [1.29, 1.82) is 0 Å². The highest BCUT2D eigenvalue weighted by molar-refractivity contribution is 7.80. The molecule has 2 saturated carbocycles. The summed E-state index contributed by atoms with van der Waals surface area (Å²) in [6.07, 6.45) is 6.95. The van der Waals surface area contributed by atoms with Gasteiger partial charge in [0.25, 0.3) is 0 Å². The molecule has 0 heterocycles. The van der Waals surface area contributed by atoms with Crippen molar-refractivity contribution in [3.63, 3.8) is 0 Å². The molecule has 0 aromatic rings. The summed E-state index contributed by atoms with van der Waals surface area (Å²) in [6.45, 7) is 2.20. The van der Waals surface area contributed by atoms with Gasteiger partial charge in [0.2, 0.25) is 0 Å². The molecule has 2 fully saturated rings. The smallest absolute Gasteiger partial charge is 0.187 e. The lowest BCUT2D eigenvalue weighted by atomic mass is 10.2. The van der Waals surface area contributed by atoms with E-state index in [2.05, 4.69) is 22.8 Å². The Hall–Kier alpha value is -0.640. The number of nitrogens with zero attached hydrogens (tertiary/aromatic N) is 1. The summed E-state index contributed by atoms with van der Waals surface area (Å²) < 4.78 is 0. The van der Waals surface area contributed by atoms with Crippen molar-refractivity contribution >= 4 is 23.5 Å². The Kier molecular flexibility index (Phi) is 2.24. The van der Waals surface area contributed by atoms with Gasteiger partial charge in [0.15, 0.2) is 5.11 Å². The van der Waals surface area contributed by atoms with Crippen molar-refractivity contribution in [2.24, 2.45) is 10.5 Å². The van der Waals surface area contributed by atoms with Crippen LogP contribution in [0.25, 0.3) is 0 Å². The van der Waals surface area contributed by atoms with Crippen LogP contribution in [-0.4, -0.2) is 17.4 Å². The molecule has 72 valence electrons. The fraction of sp³-hybridized carbons (Fsp3) is 0.778. The van der Waals surface area contributed by atoms with Crippen molar-refractivity contribution in [3.05, 3.63) is 0 Å². The Morgan fingerprint density at radius 1 is 1.54 bits per heavy atom. The maximum absolute atomic E-state index is 5.04. The minimum atomic E-state index is 0.349. The van der Waals surface area contributed by atoms with Crippen LogP contribution in [-0.2, 0) is 0 Å². The van der Waals surface area contributed by atoms with E-state index in [-0.39, 0.29) is 0 Å². The molecule has 0 saturated heterocycles. The summed E-state index contributed by atoms with van der Waals surface area (Å²) in [7, 11) is 0. The number of hydrogen-bond acceptors (Lipinski definition) is 2. The van der Waals surface area contributed by atoms with Crippen LogP contribution in [0.4, 0.5) is 0 Å². The van der Waals surface area contributed by atoms with Gasteiger partial charge in [-0.25, -0.2) is 0 Å². The monoisotopic (exact) mass is 197 g/mol. The zero-order chi connectivity index (χ0) is 9.31. The zero-order valence-corrected chi connectivity index (χ0v) is 8.66. The van der Waals surface area contributed by atoms with Crippen molar-refractivity contribution in [2.75, 3.05) is 0 Å². The molecule has 0 atom stereocenters. The molecular weight excluding hydrogens is 182 g/mol. The van der Waals surface area contributed by atoms with E-state index >= 15 is 0 Å². The second-order valence-corrected chi connectivity index (χ2v) is 4.68. The van der Waals surface area contributed by atoms with E-state index < -0.39 is 0 Å². The van der Waals surface area contributed by atoms with Crippen LogP contribution in [0.2, 0.25) is 0 Å². The van der Waals surface area contributed by atoms with Gasteiger partial charge in [-0.3, -0.25) is 5.43 Å². The molecule has 2 N–H and O–H groups in total. The minimum absolute atomic E-state index is 0.349. The van der Waals surface area contributed by atoms with Crippen molar-refractivity contribution < 1.29 is 0 Å². The van der Waals surface area contributed by atoms with Crippen LogP contribution < -0.4 is 10.7 Å². The predicted molar refractivity (Wildman–Crippen MR) is 57.7 cm³/mol. The first-order chi connectivity index (χ1) is 6.18. The molecule has 2 aliphatic rings. The van der Waals surface area contributed by atoms with E-state index in [1.165, 1.54) is 25.7 Å². The molecule has 0 bridgehead atoms. The molecule has 0 spiro atoms. The number of hydrogen-bond donors (Lipinski definition) is 2. The van der Waals surface area contributed by atoms with Gasteiger partial charge in [0, 0.05) is 17.7 Å². The van der Waals surface area contributed by atoms with Gasteiger partial charge in [0.1, 0.15) is 0 Å². The lowest BCUT2D eigenvalue weighted by molar-refractivity contribution is 0.802. The molecule has 0 amide bonds. The summed E-state index contributed by atoms with van der Waals surface area (Å²) in [6, 6.07) is 0.603. The first kappa shape index (κ1) is 8.94. The summed E-state index contributed by atoms with van der Waals surface area (Å²) >= 11 is 5.04. The minimum Gasteiger partial charge on any atom is -0.359 e. The van der Waals surface area contributed by atoms with Crippen LogP contribution in [0.3, 0.4) is 0 Å². The molecule has 3 nitrogen and oxygen atoms in total. The quantitative estimate of drug-likeness (QED) is 0.408. The Balaban J connectivity index is 1.65. The summed E-state index contributed by atoms with van der Waals surface area (Å²) in [5, 5.41) is 7.93. The maximum Gasteiger partial charge on any atom is 0.187 e. The number of rotatable bonds is 3. The molecule has 0 radical (unpaired) electrons. The van der Waals surface area contributed by atoms with Gasteiger partial charge in [0.05, 0.1) is 0 Å². The van der Waals surface area contributed by atoms with Crippen LogP contribution in [0.15, 0.2) is 5.10 Å². The normalized spacial score (nSPS) is 24.4. The average Bonchev–Trinajstić information content (AvgIpc) is 2.91. The lowest BCUT2D eigenvalue weighted by Gasteiger charge is -2.04. The third-order valence-corrected chi connectivity index (χ3v) is 2.70. The van der Waals surface area contributed by atoms with Crippen LogP contribution in [0.1, 0.15) is 32.6 Å². The molecule has 4 heteroatoms. The first-order valence-corrected chi connectivity index (χ1v) is 5.20. The van der Waals surface area contributed by atoms with Gasteiger partial charge in [-0.1, -0.05) is 6.92 Å². The Morgan fingerprint density at radius 2 is 2.23 bits per heavy atom. The maximum atomic E-state index is 5.04. The molecule has 2 rings (SSSR count). The second kappa shape index (κ2) is 3.25. The molecule has 0 unspecified atom stereocenters. The van der Waals surface area contributed by atoms with Gasteiger partial charge in [-0.2, -0.15) is 5.10 Å². The van der Waals surface area contributed by atoms with E-state index in [0.29, 0.717) is 16.6 Å². The number of hydrazone groups is 1. The highest BCUT2D eigenvalue weighted by atomic mass is 32.1. The number of nitrogens with one attached hydrogen (secondary N) is 2. The number of thiocarbonyl (C=S) groups is 1. The first-order valence-electron chi connectivity index (χ1n) is 4.79. The Bertz CT molecular complexity index is 241. The molecule has 13 heavy (non-hydrogen) atoms. The lowest BCUT2D eigenvalue weighted by Crippen LogP contribution is -2.33. The van der Waals surface area contributed by atoms with Crippen LogP contribution in [0.5, 0.6) is 0 Å². The van der Waals surface area contributed by atoms with E-state index in [0.717, 1.165) is 0 Å². The van der Waals surface area contributed by atoms with E-state index in [4.69, 9.17) is 12.2 Å². The third kappa shape index (κ3) is 2.95. The highest BCUT2D eigenvalue weighted by Crippen LogP contribution is 2.42. The Morgan fingerprint density at radius 3 is 2.77 bits per heavy atom. The largest absolute Gasteiger partial charge is 0.359 e. The molecular formula is C9H15N3S. The van der Waals surface area contributed by atoms with Gasteiger partial charge < -0.3 is 5.32 Å². The molecule has 0 aromatic carbocycles. The predicted octanol–water partition coefficient (Wildman–Crippen LogP) is 1.40. The SMILES string of the molecule is CC1(/C=N/NC(=S)NC2CC2)CC1. The fourth-order valence-corrected chi connectivity index (χ4v) is 1.24. The standard InChI is InChI=1S/C9H15N3S/c1-9(4-5-9)6-10-12-8(13)11-7-2-3-7/h6-7H,2-5H2,1H3,(H2,11,12,13)/b10-6+. The summed E-state index contributed by atoms with van der Waals surface area (Å²) in [4.78, 5) is 0. The van der Waals surface area contributed by atoms with Crippen LogP contribution in [0, 0.1) is 5.41 Å². The van der Waals surface area contributed by atoms with Crippen molar-refractivity contribution in [3.8, 4) is 0 Å². The van der Waals surface area contributed by atoms with E-state index in [9.17, 15) is 0 Å².